The van der Waals surface area contributed by atoms with E-state index in [0.717, 1.165) is 11.1 Å². The minimum absolute atomic E-state index is 0.0813. The van der Waals surface area contributed by atoms with E-state index in [1.165, 1.54) is 0 Å². The number of carbonyl (C=O) groups is 1. The molecule has 1 aromatic carbocycles. The average molecular weight is 349 g/mol. The van der Waals surface area contributed by atoms with Crippen molar-refractivity contribution in [2.75, 3.05) is 13.2 Å². The van der Waals surface area contributed by atoms with E-state index in [-0.39, 0.29) is 19.1 Å². The molecule has 0 saturated carbocycles. The lowest BCUT2D eigenvalue weighted by atomic mass is 10.1. The molecule has 0 atom stereocenters. The van der Waals surface area contributed by atoms with Gasteiger partial charge < -0.3 is 10.0 Å². The first-order valence-corrected chi connectivity index (χ1v) is 7.47. The number of halogens is 1. The zero-order chi connectivity index (χ0) is 15.2. The zero-order valence-electron chi connectivity index (χ0n) is 11.8. The van der Waals surface area contributed by atoms with E-state index in [4.69, 9.17) is 0 Å². The molecular weight excluding hydrogens is 332 g/mol. The van der Waals surface area contributed by atoms with Gasteiger partial charge >= 0.3 is 0 Å². The van der Waals surface area contributed by atoms with Crippen LogP contribution in [-0.2, 0) is 6.54 Å². The summed E-state index contributed by atoms with van der Waals surface area (Å²) in [6.45, 7) is 2.65. The Hall–Kier alpha value is -1.72. The standard InChI is InChI=1S/C16H17BrN2O2/c1-12-4-2-5-13(10-12)11-19(8-9-20)16(21)15-14(17)6-3-7-18-15/h2-7,10,20H,8-9,11H2,1H3. The quantitative estimate of drug-likeness (QED) is 0.903. The lowest BCUT2D eigenvalue weighted by Gasteiger charge is -2.22. The van der Waals surface area contributed by atoms with Gasteiger partial charge in [0, 0.05) is 23.8 Å². The van der Waals surface area contributed by atoms with E-state index < -0.39 is 0 Å². The SMILES string of the molecule is Cc1cccc(CN(CCO)C(=O)c2ncccc2Br)c1. The van der Waals surface area contributed by atoms with Crippen molar-refractivity contribution in [2.24, 2.45) is 0 Å². The first kappa shape index (κ1) is 15.7. The average Bonchev–Trinajstić information content (AvgIpc) is 2.47. The van der Waals surface area contributed by atoms with Crippen LogP contribution >= 0.6 is 15.9 Å². The molecule has 0 aliphatic carbocycles. The molecule has 0 aliphatic rings. The van der Waals surface area contributed by atoms with Gasteiger partial charge in [0.2, 0.25) is 0 Å². The van der Waals surface area contributed by atoms with Gasteiger partial charge in [0.1, 0.15) is 5.69 Å². The summed E-state index contributed by atoms with van der Waals surface area (Å²) in [4.78, 5) is 18.3. The third-order valence-electron chi connectivity index (χ3n) is 3.07. The van der Waals surface area contributed by atoms with Crippen molar-refractivity contribution >= 4 is 21.8 Å². The maximum Gasteiger partial charge on any atom is 0.274 e. The van der Waals surface area contributed by atoms with Crippen molar-refractivity contribution in [3.8, 4) is 0 Å². The molecule has 1 aromatic heterocycles. The molecule has 1 heterocycles. The van der Waals surface area contributed by atoms with Crippen molar-refractivity contribution in [1.82, 2.24) is 9.88 Å². The van der Waals surface area contributed by atoms with Gasteiger partial charge in [0.05, 0.1) is 6.61 Å². The van der Waals surface area contributed by atoms with Gasteiger partial charge in [0.25, 0.3) is 5.91 Å². The summed E-state index contributed by atoms with van der Waals surface area (Å²) in [5, 5.41) is 9.21. The molecule has 21 heavy (non-hydrogen) atoms. The Balaban J connectivity index is 2.22. The minimum atomic E-state index is -0.196. The van der Waals surface area contributed by atoms with E-state index in [1.54, 1.807) is 23.2 Å². The van der Waals surface area contributed by atoms with E-state index in [2.05, 4.69) is 20.9 Å². The Morgan fingerprint density at radius 3 is 2.81 bits per heavy atom. The van der Waals surface area contributed by atoms with Gasteiger partial charge in [-0.3, -0.25) is 4.79 Å². The summed E-state index contributed by atoms with van der Waals surface area (Å²) in [6, 6.07) is 11.5. The van der Waals surface area contributed by atoms with Crippen molar-refractivity contribution in [3.63, 3.8) is 0 Å². The second kappa shape index (κ2) is 7.33. The predicted octanol–water partition coefficient (Wildman–Crippen LogP) is 2.79. The lowest BCUT2D eigenvalue weighted by molar-refractivity contribution is 0.0701. The Morgan fingerprint density at radius 2 is 2.14 bits per heavy atom. The Bertz CT molecular complexity index is 631. The summed E-state index contributed by atoms with van der Waals surface area (Å²) in [5.74, 6) is -0.196. The fourth-order valence-electron chi connectivity index (χ4n) is 2.10. The number of rotatable bonds is 5. The summed E-state index contributed by atoms with van der Waals surface area (Å²) in [6.07, 6.45) is 1.59. The molecule has 0 saturated heterocycles. The number of benzene rings is 1. The predicted molar refractivity (Wildman–Crippen MR) is 84.9 cm³/mol. The van der Waals surface area contributed by atoms with Crippen LogP contribution in [0.1, 0.15) is 21.6 Å². The summed E-state index contributed by atoms with van der Waals surface area (Å²) < 4.78 is 0.655. The first-order chi connectivity index (χ1) is 10.1. The third-order valence-corrected chi connectivity index (χ3v) is 3.71. The number of hydrogen-bond acceptors (Lipinski definition) is 3. The molecular formula is C16H17BrN2O2. The molecule has 1 N–H and O–H groups in total. The molecule has 2 rings (SSSR count). The molecule has 5 heteroatoms. The molecule has 0 fully saturated rings. The minimum Gasteiger partial charge on any atom is -0.395 e. The number of aliphatic hydroxyl groups is 1. The first-order valence-electron chi connectivity index (χ1n) is 6.68. The van der Waals surface area contributed by atoms with Crippen LogP contribution in [0.3, 0.4) is 0 Å². The fraction of sp³-hybridized carbons (Fsp3) is 0.250. The fourth-order valence-corrected chi connectivity index (χ4v) is 2.52. The Morgan fingerprint density at radius 1 is 1.33 bits per heavy atom. The number of aryl methyl sites for hydroxylation is 1. The monoisotopic (exact) mass is 348 g/mol. The summed E-state index contributed by atoms with van der Waals surface area (Å²) in [5.41, 5.74) is 2.53. The van der Waals surface area contributed by atoms with Crippen LogP contribution in [0.25, 0.3) is 0 Å². The van der Waals surface area contributed by atoms with Crippen LogP contribution in [0.15, 0.2) is 47.1 Å². The molecule has 0 spiro atoms. The number of aromatic nitrogens is 1. The zero-order valence-corrected chi connectivity index (χ0v) is 13.4. The Kier molecular flexibility index (Phi) is 5.47. The highest BCUT2D eigenvalue weighted by Crippen LogP contribution is 2.17. The molecule has 0 aliphatic heterocycles. The van der Waals surface area contributed by atoms with Gasteiger partial charge in [0.15, 0.2) is 0 Å². The van der Waals surface area contributed by atoms with Crippen molar-refractivity contribution in [1.29, 1.82) is 0 Å². The van der Waals surface area contributed by atoms with Crippen LogP contribution < -0.4 is 0 Å². The molecule has 0 bridgehead atoms. The second-order valence-electron chi connectivity index (χ2n) is 4.77. The molecule has 4 nitrogen and oxygen atoms in total. The number of hydrogen-bond donors (Lipinski definition) is 1. The Labute approximate surface area is 132 Å². The highest BCUT2D eigenvalue weighted by Gasteiger charge is 2.19. The molecule has 1 amide bonds. The van der Waals surface area contributed by atoms with E-state index in [1.807, 2.05) is 31.2 Å². The number of amides is 1. The highest BCUT2D eigenvalue weighted by atomic mass is 79.9. The van der Waals surface area contributed by atoms with Crippen LogP contribution in [-0.4, -0.2) is 34.0 Å². The van der Waals surface area contributed by atoms with E-state index in [0.29, 0.717) is 16.7 Å². The summed E-state index contributed by atoms with van der Waals surface area (Å²) >= 11 is 3.34. The highest BCUT2D eigenvalue weighted by molar-refractivity contribution is 9.10. The van der Waals surface area contributed by atoms with Crippen molar-refractivity contribution < 1.29 is 9.90 Å². The van der Waals surface area contributed by atoms with Gasteiger partial charge in [-0.15, -0.1) is 0 Å². The van der Waals surface area contributed by atoms with Gasteiger partial charge in [-0.25, -0.2) is 4.98 Å². The number of aliphatic hydroxyl groups excluding tert-OH is 1. The van der Waals surface area contributed by atoms with Crippen LogP contribution in [0.5, 0.6) is 0 Å². The van der Waals surface area contributed by atoms with Crippen LogP contribution in [0.2, 0.25) is 0 Å². The number of pyridine rings is 1. The molecule has 2 aromatic rings. The van der Waals surface area contributed by atoms with E-state index in [9.17, 15) is 9.90 Å². The maximum absolute atomic E-state index is 12.6. The van der Waals surface area contributed by atoms with Crippen molar-refractivity contribution in [2.45, 2.75) is 13.5 Å². The lowest BCUT2D eigenvalue weighted by Crippen LogP contribution is -2.33. The number of nitrogens with zero attached hydrogens (tertiary/aromatic N) is 2. The van der Waals surface area contributed by atoms with Gasteiger partial charge in [-0.1, -0.05) is 29.8 Å². The molecule has 0 unspecified atom stereocenters. The van der Waals surface area contributed by atoms with E-state index >= 15 is 0 Å². The molecule has 0 radical (unpaired) electrons. The van der Waals surface area contributed by atoms with Gasteiger partial charge in [-0.05, 0) is 40.5 Å². The van der Waals surface area contributed by atoms with Crippen molar-refractivity contribution in [3.05, 3.63) is 63.9 Å². The topological polar surface area (TPSA) is 53.4 Å². The van der Waals surface area contributed by atoms with Crippen LogP contribution in [0, 0.1) is 6.92 Å². The summed E-state index contributed by atoms with van der Waals surface area (Å²) in [7, 11) is 0. The normalized spacial score (nSPS) is 10.4. The van der Waals surface area contributed by atoms with Gasteiger partial charge in [-0.2, -0.15) is 0 Å². The largest absolute Gasteiger partial charge is 0.395 e. The third kappa shape index (κ3) is 4.12. The maximum atomic E-state index is 12.6. The smallest absolute Gasteiger partial charge is 0.274 e. The number of carbonyl (C=O) groups excluding carboxylic acids is 1. The molecule has 110 valence electrons. The van der Waals surface area contributed by atoms with Crippen LogP contribution in [0.4, 0.5) is 0 Å². The second-order valence-corrected chi connectivity index (χ2v) is 5.63.